The van der Waals surface area contributed by atoms with E-state index in [0.29, 0.717) is 29.1 Å². The number of nitrogens with two attached hydrogens (primary N) is 1. The minimum Gasteiger partial charge on any atom is -0.378 e. The van der Waals surface area contributed by atoms with Crippen molar-refractivity contribution in [3.8, 4) is 5.75 Å². The van der Waals surface area contributed by atoms with E-state index >= 15 is 0 Å². The summed E-state index contributed by atoms with van der Waals surface area (Å²) < 4.78 is 34.3. The summed E-state index contributed by atoms with van der Waals surface area (Å²) in [5.74, 6) is 2.42. The van der Waals surface area contributed by atoms with Gasteiger partial charge in [-0.3, -0.25) is 0 Å². The zero-order valence-electron chi connectivity index (χ0n) is 17.9. The molecule has 0 aliphatic heterocycles. The molecular weight excluding hydrogens is 386 g/mol. The zero-order valence-corrected chi connectivity index (χ0v) is 18.8. The number of rotatable bonds is 6. The normalized spacial score (nSPS) is 33.7. The smallest absolute Gasteiger partial charge is 0.378 e. The molecule has 2 N–H and O–H groups in total. The zero-order chi connectivity index (χ0) is 20.8. The molecule has 4 rings (SSSR count). The molecular formula is C23H35NO4S. The summed E-state index contributed by atoms with van der Waals surface area (Å²) in [6.45, 7) is 7.31. The van der Waals surface area contributed by atoms with Crippen LogP contribution < -0.4 is 9.32 Å². The van der Waals surface area contributed by atoms with E-state index in [0.717, 1.165) is 30.9 Å². The van der Waals surface area contributed by atoms with Crippen molar-refractivity contribution in [3.63, 3.8) is 0 Å². The summed E-state index contributed by atoms with van der Waals surface area (Å²) in [6, 6.07) is 4.15. The monoisotopic (exact) mass is 421 g/mol. The first-order valence-corrected chi connectivity index (χ1v) is 12.8. The molecule has 2 saturated carbocycles. The fourth-order valence-electron chi connectivity index (χ4n) is 7.00. The lowest BCUT2D eigenvalue weighted by Crippen LogP contribution is -2.46. The van der Waals surface area contributed by atoms with E-state index in [1.165, 1.54) is 49.7 Å². The van der Waals surface area contributed by atoms with Gasteiger partial charge in [0.05, 0.1) is 6.10 Å². The highest BCUT2D eigenvalue weighted by Gasteiger charge is 2.56. The molecule has 1 aromatic carbocycles. The molecule has 0 radical (unpaired) electrons. The highest BCUT2D eigenvalue weighted by atomic mass is 32.2. The minimum absolute atomic E-state index is 0.346. The SMILES string of the molecule is CCO[C@H]1CC[C@H]2[C@@H]3CCc4cc(OS(N)(=O)=O)c(CC)cc4[C@H]3CC[C@]12CC. The maximum Gasteiger partial charge on any atom is 0.380 e. The van der Waals surface area contributed by atoms with Crippen LogP contribution in [0, 0.1) is 17.3 Å². The molecule has 0 bridgehead atoms. The van der Waals surface area contributed by atoms with Crippen molar-refractivity contribution in [3.05, 3.63) is 28.8 Å². The van der Waals surface area contributed by atoms with Crippen LogP contribution in [-0.4, -0.2) is 21.1 Å². The van der Waals surface area contributed by atoms with Gasteiger partial charge in [0.15, 0.2) is 0 Å². The largest absolute Gasteiger partial charge is 0.380 e. The van der Waals surface area contributed by atoms with E-state index in [1.807, 2.05) is 13.0 Å². The highest BCUT2D eigenvalue weighted by molar-refractivity contribution is 7.84. The Morgan fingerprint density at radius 2 is 1.93 bits per heavy atom. The topological polar surface area (TPSA) is 78.6 Å². The molecule has 5 nitrogen and oxygen atoms in total. The van der Waals surface area contributed by atoms with E-state index in [9.17, 15) is 8.42 Å². The van der Waals surface area contributed by atoms with Crippen molar-refractivity contribution in [2.45, 2.75) is 84.2 Å². The van der Waals surface area contributed by atoms with Crippen LogP contribution in [0.5, 0.6) is 5.75 Å². The van der Waals surface area contributed by atoms with E-state index in [-0.39, 0.29) is 0 Å². The third-order valence-corrected chi connectivity index (χ3v) is 8.57. The summed E-state index contributed by atoms with van der Waals surface area (Å²) in [6.07, 6.45) is 9.41. The van der Waals surface area contributed by atoms with Crippen LogP contribution in [-0.2, 0) is 27.9 Å². The third-order valence-electron chi connectivity index (χ3n) is 8.16. The molecule has 0 amide bonds. The quantitative estimate of drug-likeness (QED) is 0.734. The molecule has 162 valence electrons. The van der Waals surface area contributed by atoms with Gasteiger partial charge in [0.1, 0.15) is 5.75 Å². The fraction of sp³-hybridized carbons (Fsp3) is 0.739. The average molecular weight is 422 g/mol. The summed E-state index contributed by atoms with van der Waals surface area (Å²) in [4.78, 5) is 0. The lowest BCUT2D eigenvalue weighted by atomic mass is 9.54. The van der Waals surface area contributed by atoms with Crippen molar-refractivity contribution in [1.82, 2.24) is 0 Å². The number of benzene rings is 1. The minimum atomic E-state index is -4.01. The Balaban J connectivity index is 1.67. The van der Waals surface area contributed by atoms with Crippen LogP contribution in [0.4, 0.5) is 0 Å². The van der Waals surface area contributed by atoms with Crippen LogP contribution in [0.2, 0.25) is 0 Å². The fourth-order valence-corrected chi connectivity index (χ4v) is 7.41. The van der Waals surface area contributed by atoms with Gasteiger partial charge < -0.3 is 8.92 Å². The van der Waals surface area contributed by atoms with Crippen molar-refractivity contribution in [1.29, 1.82) is 0 Å². The Labute approximate surface area is 175 Å². The third kappa shape index (κ3) is 3.61. The van der Waals surface area contributed by atoms with Crippen LogP contribution in [0.3, 0.4) is 0 Å². The lowest BCUT2D eigenvalue weighted by Gasteiger charge is -2.52. The van der Waals surface area contributed by atoms with Gasteiger partial charge in [-0.1, -0.05) is 19.9 Å². The van der Waals surface area contributed by atoms with Crippen LogP contribution in [0.1, 0.15) is 81.9 Å². The molecule has 29 heavy (non-hydrogen) atoms. The molecule has 0 saturated heterocycles. The van der Waals surface area contributed by atoms with Crippen molar-refractivity contribution < 1.29 is 17.3 Å². The molecule has 3 aliphatic rings. The van der Waals surface area contributed by atoms with Gasteiger partial charge in [0.25, 0.3) is 0 Å². The first kappa shape index (κ1) is 21.1. The Hall–Kier alpha value is -1.11. The molecule has 1 aromatic rings. The molecule has 3 aliphatic carbocycles. The molecule has 2 fully saturated rings. The first-order chi connectivity index (χ1) is 13.8. The van der Waals surface area contributed by atoms with E-state index in [2.05, 4.69) is 19.9 Å². The molecule has 6 heteroatoms. The number of aryl methyl sites for hydroxylation is 2. The second-order valence-electron chi connectivity index (χ2n) is 9.15. The first-order valence-electron chi connectivity index (χ1n) is 11.3. The lowest BCUT2D eigenvalue weighted by molar-refractivity contribution is -0.0734. The number of hydrogen-bond donors (Lipinski definition) is 1. The maximum absolute atomic E-state index is 11.5. The number of hydrogen-bond acceptors (Lipinski definition) is 4. The molecule has 0 aromatic heterocycles. The van der Waals surface area contributed by atoms with Gasteiger partial charge in [-0.15, -0.1) is 0 Å². The predicted molar refractivity (Wildman–Crippen MR) is 114 cm³/mol. The maximum atomic E-state index is 11.5. The second-order valence-corrected chi connectivity index (χ2v) is 10.3. The summed E-state index contributed by atoms with van der Waals surface area (Å²) in [7, 11) is -4.01. The van der Waals surface area contributed by atoms with Crippen LogP contribution >= 0.6 is 0 Å². The van der Waals surface area contributed by atoms with Gasteiger partial charge >= 0.3 is 10.3 Å². The second kappa shape index (κ2) is 7.86. The number of ether oxygens (including phenoxy) is 1. The van der Waals surface area contributed by atoms with Crippen molar-refractivity contribution in [2.24, 2.45) is 22.4 Å². The standard InChI is InChI=1S/C23H35NO4S/c1-4-15-13-19-16(14-21(15)28-29(24,25)26)7-8-18-17(19)11-12-23(5-2)20(18)9-10-22(23)27-6-3/h13-14,17-18,20,22H,4-12H2,1-3H3,(H2,24,25,26)/t17-,18+,20-,22-,23-/m0/s1. The van der Waals surface area contributed by atoms with Gasteiger partial charge in [0, 0.05) is 6.61 Å². The summed E-state index contributed by atoms with van der Waals surface area (Å²) in [5.41, 5.74) is 3.94. The van der Waals surface area contributed by atoms with Crippen molar-refractivity contribution in [2.75, 3.05) is 6.61 Å². The van der Waals surface area contributed by atoms with Gasteiger partial charge in [-0.2, -0.15) is 13.6 Å². The number of fused-ring (bicyclic) bond motifs is 5. The Morgan fingerprint density at radius 3 is 2.59 bits per heavy atom. The van der Waals surface area contributed by atoms with Gasteiger partial charge in [0.2, 0.25) is 0 Å². The Morgan fingerprint density at radius 1 is 1.14 bits per heavy atom. The molecule has 0 spiro atoms. The molecule has 5 atom stereocenters. The van der Waals surface area contributed by atoms with E-state index < -0.39 is 10.3 Å². The van der Waals surface area contributed by atoms with Crippen LogP contribution in [0.15, 0.2) is 12.1 Å². The summed E-state index contributed by atoms with van der Waals surface area (Å²) in [5, 5.41) is 5.14. The highest BCUT2D eigenvalue weighted by Crippen LogP contribution is 2.63. The predicted octanol–water partition coefficient (Wildman–Crippen LogP) is 4.48. The van der Waals surface area contributed by atoms with Crippen LogP contribution in [0.25, 0.3) is 0 Å². The Bertz CT molecular complexity index is 868. The van der Waals surface area contributed by atoms with Gasteiger partial charge in [-0.05, 0) is 104 Å². The van der Waals surface area contributed by atoms with Gasteiger partial charge in [-0.25, -0.2) is 0 Å². The van der Waals surface area contributed by atoms with Crippen molar-refractivity contribution >= 4 is 10.3 Å². The van der Waals surface area contributed by atoms with E-state index in [1.54, 1.807) is 0 Å². The molecule has 0 heterocycles. The Kier molecular flexibility index (Phi) is 5.73. The summed E-state index contributed by atoms with van der Waals surface area (Å²) >= 11 is 0. The van der Waals surface area contributed by atoms with E-state index in [4.69, 9.17) is 14.1 Å². The molecule has 0 unspecified atom stereocenters. The average Bonchev–Trinajstić information content (AvgIpc) is 3.05.